The highest BCUT2D eigenvalue weighted by Gasteiger charge is 2.04. The molecule has 1 amide bonds. The zero-order chi connectivity index (χ0) is 15.9. The van der Waals surface area contributed by atoms with Crippen LogP contribution in [-0.2, 0) is 4.79 Å². The number of nitrogens with one attached hydrogen (secondary N) is 2. The van der Waals surface area contributed by atoms with Crippen molar-refractivity contribution < 1.29 is 9.90 Å². The highest BCUT2D eigenvalue weighted by molar-refractivity contribution is 6.31. The number of carbonyl (C=O) groups is 1. The highest BCUT2D eigenvalue weighted by Crippen LogP contribution is 2.22. The molecule has 0 aliphatic carbocycles. The smallest absolute Gasteiger partial charge is 0.259 e. The summed E-state index contributed by atoms with van der Waals surface area (Å²) in [5.41, 5.74) is 4.90. The van der Waals surface area contributed by atoms with Crippen LogP contribution in [0.4, 0.5) is 5.69 Å². The van der Waals surface area contributed by atoms with Gasteiger partial charge in [-0.2, -0.15) is 5.10 Å². The second kappa shape index (κ2) is 7.47. The molecule has 0 saturated heterocycles. The summed E-state index contributed by atoms with van der Waals surface area (Å²) in [7, 11) is 0. The van der Waals surface area contributed by atoms with Crippen LogP contribution in [0.25, 0.3) is 0 Å². The lowest BCUT2D eigenvalue weighted by Gasteiger charge is -2.09. The fourth-order valence-corrected chi connectivity index (χ4v) is 1.93. The largest absolute Gasteiger partial charge is 0.508 e. The Hall–Kier alpha value is -2.53. The lowest BCUT2D eigenvalue weighted by atomic mass is 10.2. The molecule has 0 spiro atoms. The van der Waals surface area contributed by atoms with Crippen molar-refractivity contribution in [2.24, 2.45) is 5.10 Å². The maximum absolute atomic E-state index is 11.7. The van der Waals surface area contributed by atoms with Crippen molar-refractivity contribution in [2.45, 2.75) is 6.92 Å². The van der Waals surface area contributed by atoms with E-state index in [1.54, 1.807) is 30.3 Å². The quantitative estimate of drug-likeness (QED) is 0.586. The first-order chi connectivity index (χ1) is 10.6. The minimum Gasteiger partial charge on any atom is -0.508 e. The van der Waals surface area contributed by atoms with Crippen molar-refractivity contribution in [3.05, 3.63) is 58.6 Å². The second-order valence-corrected chi connectivity index (χ2v) is 5.06. The molecule has 114 valence electrons. The number of anilines is 1. The molecule has 5 nitrogen and oxygen atoms in total. The van der Waals surface area contributed by atoms with Crippen molar-refractivity contribution in [2.75, 3.05) is 11.9 Å². The third-order valence-corrected chi connectivity index (χ3v) is 3.41. The average molecular weight is 318 g/mol. The molecular formula is C16H16ClN3O2. The summed E-state index contributed by atoms with van der Waals surface area (Å²) in [6.07, 6.45) is 1.50. The van der Waals surface area contributed by atoms with Crippen molar-refractivity contribution in [3.8, 4) is 5.75 Å². The Balaban J connectivity index is 1.83. The first-order valence-corrected chi connectivity index (χ1v) is 7.04. The number of nitrogens with zero attached hydrogens (tertiary/aromatic N) is 1. The van der Waals surface area contributed by atoms with E-state index in [1.807, 2.05) is 19.1 Å². The highest BCUT2D eigenvalue weighted by atomic mass is 35.5. The minimum atomic E-state index is -0.269. The molecule has 0 bridgehead atoms. The first kappa shape index (κ1) is 15.9. The van der Waals surface area contributed by atoms with Gasteiger partial charge in [-0.1, -0.05) is 17.7 Å². The van der Waals surface area contributed by atoms with Gasteiger partial charge in [0.1, 0.15) is 5.75 Å². The third-order valence-electron chi connectivity index (χ3n) is 3.00. The lowest BCUT2D eigenvalue weighted by Crippen LogP contribution is -2.26. The van der Waals surface area contributed by atoms with E-state index >= 15 is 0 Å². The van der Waals surface area contributed by atoms with Gasteiger partial charge in [0.2, 0.25) is 0 Å². The number of rotatable bonds is 5. The number of hydrogen-bond donors (Lipinski definition) is 3. The van der Waals surface area contributed by atoms with Crippen LogP contribution in [0.15, 0.2) is 47.6 Å². The van der Waals surface area contributed by atoms with Crippen molar-refractivity contribution in [1.29, 1.82) is 0 Å². The molecule has 0 heterocycles. The summed E-state index contributed by atoms with van der Waals surface area (Å²) in [5, 5.41) is 16.7. The Morgan fingerprint density at radius 1 is 1.27 bits per heavy atom. The van der Waals surface area contributed by atoms with Crippen LogP contribution in [0.3, 0.4) is 0 Å². The zero-order valence-electron chi connectivity index (χ0n) is 12.0. The summed E-state index contributed by atoms with van der Waals surface area (Å²) in [6.45, 7) is 1.97. The van der Waals surface area contributed by atoms with E-state index in [4.69, 9.17) is 16.7 Å². The molecule has 3 N–H and O–H groups in total. The van der Waals surface area contributed by atoms with E-state index in [9.17, 15) is 4.79 Å². The summed E-state index contributed by atoms with van der Waals surface area (Å²) >= 11 is 6.01. The van der Waals surface area contributed by atoms with E-state index < -0.39 is 0 Å². The number of halogens is 1. The Labute approximate surface area is 133 Å². The molecule has 0 aliphatic heterocycles. The number of hydrogen-bond acceptors (Lipinski definition) is 4. The third kappa shape index (κ3) is 4.49. The molecule has 6 heteroatoms. The molecule has 0 aliphatic rings. The fourth-order valence-electron chi connectivity index (χ4n) is 1.75. The van der Waals surface area contributed by atoms with Gasteiger partial charge < -0.3 is 10.4 Å². The topological polar surface area (TPSA) is 73.7 Å². The number of amides is 1. The number of phenols is 1. The van der Waals surface area contributed by atoms with Crippen LogP contribution in [0.2, 0.25) is 5.02 Å². The van der Waals surface area contributed by atoms with Crippen LogP contribution >= 0.6 is 11.6 Å². The van der Waals surface area contributed by atoms with E-state index in [2.05, 4.69) is 15.8 Å². The molecule has 2 aromatic carbocycles. The van der Waals surface area contributed by atoms with Gasteiger partial charge in [-0.3, -0.25) is 4.79 Å². The van der Waals surface area contributed by atoms with Gasteiger partial charge in [-0.15, -0.1) is 0 Å². The normalized spacial score (nSPS) is 10.6. The van der Waals surface area contributed by atoms with Gasteiger partial charge >= 0.3 is 0 Å². The monoisotopic (exact) mass is 317 g/mol. The molecule has 0 saturated carbocycles. The number of phenolic OH excluding ortho intramolecular Hbond substituents is 1. The van der Waals surface area contributed by atoms with E-state index in [-0.39, 0.29) is 18.2 Å². The van der Waals surface area contributed by atoms with Crippen molar-refractivity contribution in [1.82, 2.24) is 5.43 Å². The molecule has 0 unspecified atom stereocenters. The summed E-state index contributed by atoms with van der Waals surface area (Å²) < 4.78 is 0. The number of hydrazone groups is 1. The number of carbonyl (C=O) groups excluding carboxylic acids is 1. The maximum atomic E-state index is 11.7. The van der Waals surface area contributed by atoms with Crippen molar-refractivity contribution in [3.63, 3.8) is 0 Å². The zero-order valence-corrected chi connectivity index (χ0v) is 12.8. The lowest BCUT2D eigenvalue weighted by molar-refractivity contribution is -0.119. The van der Waals surface area contributed by atoms with E-state index in [0.717, 1.165) is 16.8 Å². The van der Waals surface area contributed by atoms with Crippen LogP contribution in [0, 0.1) is 6.92 Å². The SMILES string of the molecule is Cc1c(Cl)cccc1NCC(=O)N/N=C\c1ccc(O)cc1. The van der Waals surface area contributed by atoms with Gasteiger partial charge in [-0.05, 0) is 54.4 Å². The number of benzene rings is 2. The van der Waals surface area contributed by atoms with Crippen LogP contribution in [-0.4, -0.2) is 23.8 Å². The molecule has 0 aromatic heterocycles. The molecule has 0 fully saturated rings. The van der Waals surface area contributed by atoms with Gasteiger partial charge in [0, 0.05) is 10.7 Å². The maximum Gasteiger partial charge on any atom is 0.259 e. The van der Waals surface area contributed by atoms with Gasteiger partial charge in [-0.25, -0.2) is 5.43 Å². The number of aromatic hydroxyl groups is 1. The Morgan fingerprint density at radius 2 is 2.00 bits per heavy atom. The standard InChI is InChI=1S/C16H16ClN3O2/c1-11-14(17)3-2-4-15(11)18-10-16(22)20-19-9-12-5-7-13(21)8-6-12/h2-9,18,21H,10H2,1H3,(H,20,22)/b19-9-. The predicted molar refractivity (Wildman–Crippen MR) is 88.5 cm³/mol. The summed E-state index contributed by atoms with van der Waals surface area (Å²) in [5.74, 6) is -0.0864. The summed E-state index contributed by atoms with van der Waals surface area (Å²) in [6, 6.07) is 12.0. The first-order valence-electron chi connectivity index (χ1n) is 6.66. The molecule has 22 heavy (non-hydrogen) atoms. The fraction of sp³-hybridized carbons (Fsp3) is 0.125. The van der Waals surface area contributed by atoms with Gasteiger partial charge in [0.25, 0.3) is 5.91 Å². The molecular weight excluding hydrogens is 302 g/mol. The van der Waals surface area contributed by atoms with E-state index in [1.165, 1.54) is 6.21 Å². The second-order valence-electron chi connectivity index (χ2n) is 4.65. The Kier molecular flexibility index (Phi) is 5.38. The molecule has 2 aromatic rings. The Morgan fingerprint density at radius 3 is 2.73 bits per heavy atom. The van der Waals surface area contributed by atoms with E-state index in [0.29, 0.717) is 5.02 Å². The summed E-state index contributed by atoms with van der Waals surface area (Å²) in [4.78, 5) is 11.7. The molecule has 0 radical (unpaired) electrons. The van der Waals surface area contributed by atoms with Gasteiger partial charge in [0.15, 0.2) is 0 Å². The van der Waals surface area contributed by atoms with Crippen LogP contribution < -0.4 is 10.7 Å². The van der Waals surface area contributed by atoms with Crippen LogP contribution in [0.1, 0.15) is 11.1 Å². The Bertz CT molecular complexity index is 684. The van der Waals surface area contributed by atoms with Crippen LogP contribution in [0.5, 0.6) is 5.75 Å². The predicted octanol–water partition coefficient (Wildman–Crippen LogP) is 2.92. The molecule has 2 rings (SSSR count). The van der Waals surface area contributed by atoms with Crippen molar-refractivity contribution >= 4 is 29.4 Å². The van der Waals surface area contributed by atoms with Gasteiger partial charge in [0.05, 0.1) is 12.8 Å². The molecule has 0 atom stereocenters. The average Bonchev–Trinajstić information content (AvgIpc) is 2.51. The minimum absolute atomic E-state index is 0.0914.